The highest BCUT2D eigenvalue weighted by Gasteiger charge is 2.08. The summed E-state index contributed by atoms with van der Waals surface area (Å²) >= 11 is 2.10. The van der Waals surface area contributed by atoms with Gasteiger partial charge in [0, 0.05) is 24.6 Å². The Bertz CT molecular complexity index is 119. The van der Waals surface area contributed by atoms with Crippen molar-refractivity contribution in [1.82, 2.24) is 4.90 Å². The van der Waals surface area contributed by atoms with Gasteiger partial charge in [-0.2, -0.15) is 11.8 Å². The van der Waals surface area contributed by atoms with Crippen LogP contribution in [-0.4, -0.2) is 36.0 Å². The van der Waals surface area contributed by atoms with E-state index in [-0.39, 0.29) is 0 Å². The lowest BCUT2D eigenvalue weighted by atomic mass is 10.1. The molecule has 1 aliphatic rings. The van der Waals surface area contributed by atoms with Crippen molar-refractivity contribution in [1.29, 1.82) is 0 Å². The van der Waals surface area contributed by atoms with E-state index in [1.807, 2.05) is 0 Å². The Labute approximate surface area is 87.3 Å². The normalized spacial score (nSPS) is 19.6. The van der Waals surface area contributed by atoms with Crippen LogP contribution in [0.2, 0.25) is 0 Å². The number of thioether (sulfide) groups is 1. The minimum Gasteiger partial charge on any atom is -0.302 e. The maximum absolute atomic E-state index is 2.62. The fraction of sp³-hybridized carbons (Fsp3) is 1.00. The number of nitrogens with zero attached hydrogens (tertiary/aromatic N) is 1. The molecule has 0 spiro atoms. The van der Waals surface area contributed by atoms with Crippen molar-refractivity contribution in [2.75, 3.05) is 31.1 Å². The molecule has 0 aromatic heterocycles. The van der Waals surface area contributed by atoms with Gasteiger partial charge in [-0.15, -0.1) is 0 Å². The van der Waals surface area contributed by atoms with Gasteiger partial charge in [0.15, 0.2) is 0 Å². The molecule has 2 heteroatoms. The molecule has 0 unspecified atom stereocenters. The molecule has 0 aromatic rings. The fourth-order valence-electron chi connectivity index (χ4n) is 1.71. The molecule has 1 nitrogen and oxygen atoms in total. The van der Waals surface area contributed by atoms with E-state index in [9.17, 15) is 0 Å². The predicted octanol–water partition coefficient (Wildman–Crippen LogP) is 2.86. The maximum Gasteiger partial charge on any atom is 0.00727 e. The molecular weight excluding hydrogens is 178 g/mol. The molecule has 0 aliphatic carbocycles. The van der Waals surface area contributed by atoms with E-state index >= 15 is 0 Å². The molecule has 1 heterocycles. The highest BCUT2D eigenvalue weighted by atomic mass is 32.2. The molecule has 0 bridgehead atoms. The Morgan fingerprint density at radius 2 is 1.85 bits per heavy atom. The minimum absolute atomic E-state index is 0.886. The lowest BCUT2D eigenvalue weighted by Gasteiger charge is -2.26. The standard InChI is InChI=1S/C11H23NS/c1-11(2)5-3-4-6-12-7-9-13-10-8-12/h11H,3-10H2,1-2H3. The van der Waals surface area contributed by atoms with Crippen LogP contribution in [0.3, 0.4) is 0 Å². The number of hydrogen-bond acceptors (Lipinski definition) is 2. The summed E-state index contributed by atoms with van der Waals surface area (Å²) < 4.78 is 0. The lowest BCUT2D eigenvalue weighted by Crippen LogP contribution is -2.33. The highest BCUT2D eigenvalue weighted by Crippen LogP contribution is 2.11. The molecule has 1 aliphatic heterocycles. The second kappa shape index (κ2) is 6.72. The summed E-state index contributed by atoms with van der Waals surface area (Å²) in [6.07, 6.45) is 4.23. The average Bonchev–Trinajstić information content (AvgIpc) is 2.14. The van der Waals surface area contributed by atoms with E-state index in [4.69, 9.17) is 0 Å². The van der Waals surface area contributed by atoms with Gasteiger partial charge in [-0.3, -0.25) is 0 Å². The van der Waals surface area contributed by atoms with Gasteiger partial charge in [0.1, 0.15) is 0 Å². The summed E-state index contributed by atoms with van der Waals surface area (Å²) in [5.74, 6) is 3.59. The quantitative estimate of drug-likeness (QED) is 0.629. The van der Waals surface area contributed by atoms with Crippen molar-refractivity contribution in [3.8, 4) is 0 Å². The van der Waals surface area contributed by atoms with Crippen LogP contribution in [0.15, 0.2) is 0 Å². The van der Waals surface area contributed by atoms with Gasteiger partial charge < -0.3 is 4.90 Å². The van der Waals surface area contributed by atoms with E-state index in [0.717, 1.165) is 5.92 Å². The van der Waals surface area contributed by atoms with E-state index in [1.54, 1.807) is 0 Å². The van der Waals surface area contributed by atoms with Gasteiger partial charge in [-0.1, -0.05) is 26.7 Å². The van der Waals surface area contributed by atoms with Crippen LogP contribution in [0, 0.1) is 5.92 Å². The Balaban J connectivity index is 1.92. The van der Waals surface area contributed by atoms with E-state index < -0.39 is 0 Å². The minimum atomic E-state index is 0.886. The molecular formula is C11H23NS. The van der Waals surface area contributed by atoms with Crippen LogP contribution in [0.4, 0.5) is 0 Å². The van der Waals surface area contributed by atoms with Crippen molar-refractivity contribution in [3.05, 3.63) is 0 Å². The van der Waals surface area contributed by atoms with Crippen molar-refractivity contribution in [3.63, 3.8) is 0 Å². The van der Waals surface area contributed by atoms with Crippen LogP contribution in [0.5, 0.6) is 0 Å². The van der Waals surface area contributed by atoms with Crippen molar-refractivity contribution in [2.24, 2.45) is 5.92 Å². The number of rotatable bonds is 5. The zero-order valence-corrected chi connectivity index (χ0v) is 9.91. The smallest absolute Gasteiger partial charge is 0.00727 e. The van der Waals surface area contributed by atoms with Gasteiger partial charge >= 0.3 is 0 Å². The van der Waals surface area contributed by atoms with E-state index in [0.29, 0.717) is 0 Å². The summed E-state index contributed by atoms with van der Waals surface area (Å²) in [6.45, 7) is 8.63. The summed E-state index contributed by atoms with van der Waals surface area (Å²) in [4.78, 5) is 2.62. The van der Waals surface area contributed by atoms with Crippen LogP contribution >= 0.6 is 11.8 Å². The monoisotopic (exact) mass is 201 g/mol. The predicted molar refractivity (Wildman–Crippen MR) is 62.5 cm³/mol. The SMILES string of the molecule is CC(C)CCCCN1CCSCC1. The van der Waals surface area contributed by atoms with Gasteiger partial charge in [0.25, 0.3) is 0 Å². The van der Waals surface area contributed by atoms with Gasteiger partial charge in [0.05, 0.1) is 0 Å². The molecule has 78 valence electrons. The maximum atomic E-state index is 2.62. The van der Waals surface area contributed by atoms with Gasteiger partial charge in [0.2, 0.25) is 0 Å². The molecule has 1 rings (SSSR count). The molecule has 1 fully saturated rings. The molecule has 1 saturated heterocycles. The first-order valence-corrected chi connectivity index (χ1v) is 6.74. The van der Waals surface area contributed by atoms with Crippen molar-refractivity contribution < 1.29 is 0 Å². The van der Waals surface area contributed by atoms with Crippen LogP contribution in [-0.2, 0) is 0 Å². The van der Waals surface area contributed by atoms with Crippen molar-refractivity contribution >= 4 is 11.8 Å². The average molecular weight is 201 g/mol. The summed E-state index contributed by atoms with van der Waals surface area (Å²) in [5.41, 5.74) is 0. The fourth-order valence-corrected chi connectivity index (χ4v) is 2.69. The summed E-state index contributed by atoms with van der Waals surface area (Å²) in [7, 11) is 0. The molecule has 0 saturated carbocycles. The Morgan fingerprint density at radius 3 is 2.46 bits per heavy atom. The largest absolute Gasteiger partial charge is 0.302 e. The first kappa shape index (κ1) is 11.4. The molecule has 0 amide bonds. The lowest BCUT2D eigenvalue weighted by molar-refractivity contribution is 0.292. The zero-order valence-electron chi connectivity index (χ0n) is 9.09. The summed E-state index contributed by atoms with van der Waals surface area (Å²) in [6, 6.07) is 0. The molecule has 0 atom stereocenters. The number of unbranched alkanes of at least 4 members (excludes halogenated alkanes) is 1. The molecule has 13 heavy (non-hydrogen) atoms. The second-order valence-corrected chi connectivity index (χ2v) is 5.57. The van der Waals surface area contributed by atoms with Crippen molar-refractivity contribution in [2.45, 2.75) is 33.1 Å². The van der Waals surface area contributed by atoms with E-state index in [1.165, 1.54) is 50.4 Å². The van der Waals surface area contributed by atoms with Gasteiger partial charge in [-0.25, -0.2) is 0 Å². The highest BCUT2D eigenvalue weighted by molar-refractivity contribution is 7.99. The molecule has 0 N–H and O–H groups in total. The third kappa shape index (κ3) is 5.58. The molecule has 0 aromatic carbocycles. The zero-order chi connectivity index (χ0) is 9.52. The summed E-state index contributed by atoms with van der Waals surface area (Å²) in [5, 5.41) is 0. The number of hydrogen-bond donors (Lipinski definition) is 0. The topological polar surface area (TPSA) is 3.24 Å². The van der Waals surface area contributed by atoms with Crippen LogP contribution in [0.25, 0.3) is 0 Å². The first-order chi connectivity index (χ1) is 6.29. The van der Waals surface area contributed by atoms with E-state index in [2.05, 4.69) is 30.5 Å². The Kier molecular flexibility index (Phi) is 5.88. The van der Waals surface area contributed by atoms with Crippen LogP contribution in [0.1, 0.15) is 33.1 Å². The second-order valence-electron chi connectivity index (χ2n) is 4.34. The first-order valence-electron chi connectivity index (χ1n) is 5.59. The van der Waals surface area contributed by atoms with Crippen LogP contribution < -0.4 is 0 Å². The van der Waals surface area contributed by atoms with Gasteiger partial charge in [-0.05, 0) is 18.9 Å². The Morgan fingerprint density at radius 1 is 1.15 bits per heavy atom. The third-order valence-corrected chi connectivity index (χ3v) is 3.55. The third-order valence-electron chi connectivity index (χ3n) is 2.61. The molecule has 0 radical (unpaired) electrons. The Hall–Kier alpha value is 0.310.